The second kappa shape index (κ2) is 10.7. The molecule has 212 valence electrons. The Morgan fingerprint density at radius 1 is 0.378 bits per heavy atom. The van der Waals surface area contributed by atoms with Crippen molar-refractivity contribution in [1.82, 2.24) is 0 Å². The van der Waals surface area contributed by atoms with Crippen LogP contribution >= 0.6 is 22.7 Å². The maximum absolute atomic E-state index is 2.46. The van der Waals surface area contributed by atoms with Gasteiger partial charge in [-0.2, -0.15) is 0 Å². The molecule has 0 aliphatic carbocycles. The van der Waals surface area contributed by atoms with E-state index in [1.54, 1.807) is 0 Å². The molecule has 3 heteroatoms. The second-order valence-electron chi connectivity index (χ2n) is 11.3. The number of thiophene rings is 2. The van der Waals surface area contributed by atoms with Crippen LogP contribution in [0.4, 0.5) is 17.1 Å². The number of fused-ring (bicyclic) bond motifs is 6. The number of hydrogen-bond donors (Lipinski definition) is 0. The SMILES string of the molecule is c1ccc(-c2ccc(N(c3ccc4sc5ccccc5c4c3)c3ccc(-c4ccccc4)c4sc5ccccc5c34)cc2)cc1. The van der Waals surface area contributed by atoms with Crippen LogP contribution in [-0.4, -0.2) is 0 Å². The Morgan fingerprint density at radius 2 is 0.956 bits per heavy atom. The van der Waals surface area contributed by atoms with Crippen LogP contribution in [0.2, 0.25) is 0 Å². The van der Waals surface area contributed by atoms with Gasteiger partial charge in [-0.1, -0.05) is 115 Å². The maximum Gasteiger partial charge on any atom is 0.0555 e. The quantitative estimate of drug-likeness (QED) is 0.188. The average molecular weight is 610 g/mol. The fourth-order valence-corrected chi connectivity index (χ4v) is 8.90. The van der Waals surface area contributed by atoms with E-state index in [0.29, 0.717) is 0 Å². The first-order valence-corrected chi connectivity index (χ1v) is 16.8. The first-order valence-electron chi connectivity index (χ1n) is 15.2. The minimum atomic E-state index is 1.14. The average Bonchev–Trinajstić information content (AvgIpc) is 3.68. The summed E-state index contributed by atoms with van der Waals surface area (Å²) >= 11 is 3.75. The molecule has 0 spiro atoms. The van der Waals surface area contributed by atoms with Crippen molar-refractivity contribution in [2.24, 2.45) is 0 Å². The van der Waals surface area contributed by atoms with Crippen LogP contribution in [0.25, 0.3) is 62.6 Å². The van der Waals surface area contributed by atoms with Crippen molar-refractivity contribution in [2.45, 2.75) is 0 Å². The Hall–Kier alpha value is -5.22. The second-order valence-corrected chi connectivity index (χ2v) is 13.5. The highest BCUT2D eigenvalue weighted by atomic mass is 32.1. The van der Waals surface area contributed by atoms with E-state index in [2.05, 4.69) is 169 Å². The van der Waals surface area contributed by atoms with Crippen molar-refractivity contribution in [3.63, 3.8) is 0 Å². The molecule has 0 unspecified atom stereocenters. The molecule has 45 heavy (non-hydrogen) atoms. The largest absolute Gasteiger partial charge is 0.310 e. The molecule has 0 radical (unpaired) electrons. The first kappa shape index (κ1) is 26.2. The molecule has 2 heterocycles. The van der Waals surface area contributed by atoms with Gasteiger partial charge in [0, 0.05) is 51.7 Å². The molecular formula is C42H27NS2. The van der Waals surface area contributed by atoms with Crippen molar-refractivity contribution in [3.05, 3.63) is 164 Å². The standard InChI is InChI=1S/C42H27NS2/c1-3-11-28(12-4-1)29-19-21-31(22-20-29)43(32-23-26-40-36(27-32)34-15-7-9-17-38(34)44-40)37-25-24-33(30-13-5-2-6-14-30)42-41(37)35-16-8-10-18-39(35)45-42/h1-27H. The number of rotatable bonds is 5. The van der Waals surface area contributed by atoms with Crippen molar-refractivity contribution in [1.29, 1.82) is 0 Å². The van der Waals surface area contributed by atoms with Gasteiger partial charge in [-0.05, 0) is 70.8 Å². The van der Waals surface area contributed by atoms with Crippen LogP contribution in [0, 0.1) is 0 Å². The van der Waals surface area contributed by atoms with Crippen LogP contribution in [0.15, 0.2) is 164 Å². The molecule has 0 N–H and O–H groups in total. The predicted molar refractivity (Wildman–Crippen MR) is 198 cm³/mol. The van der Waals surface area contributed by atoms with Gasteiger partial charge >= 0.3 is 0 Å². The fourth-order valence-electron chi connectivity index (χ4n) is 6.56. The minimum Gasteiger partial charge on any atom is -0.310 e. The van der Waals surface area contributed by atoms with Gasteiger partial charge in [0.1, 0.15) is 0 Å². The smallest absolute Gasteiger partial charge is 0.0555 e. The summed E-state index contributed by atoms with van der Waals surface area (Å²) < 4.78 is 5.25. The van der Waals surface area contributed by atoms with Gasteiger partial charge in [-0.25, -0.2) is 0 Å². The lowest BCUT2D eigenvalue weighted by Gasteiger charge is -2.27. The summed E-state index contributed by atoms with van der Waals surface area (Å²) in [6, 6.07) is 59.6. The zero-order chi connectivity index (χ0) is 29.7. The van der Waals surface area contributed by atoms with Gasteiger partial charge in [0.25, 0.3) is 0 Å². The molecule has 0 fully saturated rings. The van der Waals surface area contributed by atoms with Crippen molar-refractivity contribution in [3.8, 4) is 22.3 Å². The zero-order valence-corrected chi connectivity index (χ0v) is 26.0. The van der Waals surface area contributed by atoms with E-state index < -0.39 is 0 Å². The van der Waals surface area contributed by atoms with Crippen molar-refractivity contribution < 1.29 is 0 Å². The molecule has 0 aliphatic rings. The van der Waals surface area contributed by atoms with Crippen molar-refractivity contribution in [2.75, 3.05) is 4.90 Å². The summed E-state index contributed by atoms with van der Waals surface area (Å²) in [6.07, 6.45) is 0. The highest BCUT2D eigenvalue weighted by Crippen LogP contribution is 2.49. The van der Waals surface area contributed by atoms with E-state index in [1.807, 2.05) is 22.7 Å². The predicted octanol–water partition coefficient (Wildman–Crippen LogP) is 13.2. The van der Waals surface area contributed by atoms with Crippen LogP contribution < -0.4 is 4.90 Å². The summed E-state index contributed by atoms with van der Waals surface area (Å²) in [5, 5.41) is 5.19. The molecule has 2 aromatic heterocycles. The highest BCUT2D eigenvalue weighted by Gasteiger charge is 2.21. The Morgan fingerprint density at radius 3 is 1.71 bits per heavy atom. The lowest BCUT2D eigenvalue weighted by atomic mass is 9.99. The molecule has 0 saturated heterocycles. The number of nitrogens with zero attached hydrogens (tertiary/aromatic N) is 1. The molecule has 0 amide bonds. The summed E-state index contributed by atoms with van der Waals surface area (Å²) in [6.45, 7) is 0. The van der Waals surface area contributed by atoms with Gasteiger partial charge in [0.15, 0.2) is 0 Å². The van der Waals surface area contributed by atoms with Gasteiger partial charge < -0.3 is 4.90 Å². The Bertz CT molecular complexity index is 2470. The van der Waals surface area contributed by atoms with Crippen LogP contribution in [0.1, 0.15) is 0 Å². The third kappa shape index (κ3) is 4.43. The molecular weight excluding hydrogens is 583 g/mol. The van der Waals surface area contributed by atoms with E-state index in [0.717, 1.165) is 11.4 Å². The first-order chi connectivity index (χ1) is 22.3. The third-order valence-electron chi connectivity index (χ3n) is 8.68. The lowest BCUT2D eigenvalue weighted by Crippen LogP contribution is -2.10. The van der Waals surface area contributed by atoms with Crippen LogP contribution in [0.3, 0.4) is 0 Å². The minimum absolute atomic E-state index is 1.14. The molecule has 0 atom stereocenters. The molecule has 9 rings (SSSR count). The van der Waals surface area contributed by atoms with Gasteiger partial charge in [-0.3, -0.25) is 0 Å². The van der Waals surface area contributed by atoms with Crippen LogP contribution in [-0.2, 0) is 0 Å². The van der Waals surface area contributed by atoms with E-state index in [9.17, 15) is 0 Å². The zero-order valence-electron chi connectivity index (χ0n) is 24.4. The summed E-state index contributed by atoms with van der Waals surface area (Å²) in [5.74, 6) is 0. The van der Waals surface area contributed by atoms with E-state index in [4.69, 9.17) is 0 Å². The summed E-state index contributed by atoms with van der Waals surface area (Å²) in [4.78, 5) is 2.46. The van der Waals surface area contributed by atoms with E-state index in [1.165, 1.54) is 68.3 Å². The molecule has 7 aromatic carbocycles. The molecule has 9 aromatic rings. The molecule has 0 aliphatic heterocycles. The van der Waals surface area contributed by atoms with Crippen molar-refractivity contribution >= 4 is 80.1 Å². The fraction of sp³-hybridized carbons (Fsp3) is 0. The molecule has 0 saturated carbocycles. The summed E-state index contributed by atoms with van der Waals surface area (Å²) in [7, 11) is 0. The topological polar surface area (TPSA) is 3.24 Å². The number of benzene rings is 7. The van der Waals surface area contributed by atoms with Gasteiger partial charge in [-0.15, -0.1) is 22.7 Å². The summed E-state index contributed by atoms with van der Waals surface area (Å²) in [5.41, 5.74) is 8.43. The lowest BCUT2D eigenvalue weighted by molar-refractivity contribution is 1.31. The Balaban J connectivity index is 1.32. The van der Waals surface area contributed by atoms with Crippen LogP contribution in [0.5, 0.6) is 0 Å². The Labute approximate surface area is 269 Å². The van der Waals surface area contributed by atoms with E-state index in [-0.39, 0.29) is 0 Å². The third-order valence-corrected chi connectivity index (χ3v) is 11.0. The maximum atomic E-state index is 2.46. The normalized spacial score (nSPS) is 11.6. The highest BCUT2D eigenvalue weighted by molar-refractivity contribution is 7.26. The molecule has 0 bridgehead atoms. The monoisotopic (exact) mass is 609 g/mol. The number of hydrogen-bond acceptors (Lipinski definition) is 3. The van der Waals surface area contributed by atoms with Gasteiger partial charge in [0.05, 0.1) is 5.69 Å². The van der Waals surface area contributed by atoms with E-state index >= 15 is 0 Å². The van der Waals surface area contributed by atoms with Gasteiger partial charge in [0.2, 0.25) is 0 Å². The Kier molecular flexibility index (Phi) is 6.26. The number of anilines is 3. The molecule has 1 nitrogen and oxygen atoms in total.